The van der Waals surface area contributed by atoms with Gasteiger partial charge in [-0.15, -0.1) is 0 Å². The molecular formula is C19H17ClN4O3. The number of methoxy groups -OCH3 is 2. The minimum atomic E-state index is -0.394. The van der Waals surface area contributed by atoms with E-state index in [0.29, 0.717) is 22.2 Å². The lowest BCUT2D eigenvalue weighted by molar-refractivity contribution is 0.102. The summed E-state index contributed by atoms with van der Waals surface area (Å²) < 4.78 is 10.4. The first kappa shape index (κ1) is 18.5. The van der Waals surface area contributed by atoms with E-state index < -0.39 is 5.91 Å². The van der Waals surface area contributed by atoms with E-state index in [-0.39, 0.29) is 11.6 Å². The van der Waals surface area contributed by atoms with E-state index in [4.69, 9.17) is 21.1 Å². The van der Waals surface area contributed by atoms with E-state index in [9.17, 15) is 4.79 Å². The van der Waals surface area contributed by atoms with Gasteiger partial charge >= 0.3 is 0 Å². The van der Waals surface area contributed by atoms with Crippen LogP contribution in [0.15, 0.2) is 54.7 Å². The van der Waals surface area contributed by atoms with Crippen LogP contribution in [0.25, 0.3) is 0 Å². The van der Waals surface area contributed by atoms with Crippen molar-refractivity contribution in [1.82, 2.24) is 9.97 Å². The van der Waals surface area contributed by atoms with Crippen molar-refractivity contribution in [2.45, 2.75) is 0 Å². The molecule has 0 saturated carbocycles. The number of halogens is 1. The Morgan fingerprint density at radius 3 is 2.67 bits per heavy atom. The summed E-state index contributed by atoms with van der Waals surface area (Å²) in [6.07, 6.45) is 1.50. The number of hydrogen-bond donors (Lipinski definition) is 2. The van der Waals surface area contributed by atoms with E-state index in [1.807, 2.05) is 6.07 Å². The van der Waals surface area contributed by atoms with Gasteiger partial charge in [-0.05, 0) is 36.4 Å². The summed E-state index contributed by atoms with van der Waals surface area (Å²) in [4.78, 5) is 20.9. The van der Waals surface area contributed by atoms with Gasteiger partial charge in [0.1, 0.15) is 17.2 Å². The highest BCUT2D eigenvalue weighted by Crippen LogP contribution is 2.29. The number of rotatable bonds is 6. The fourth-order valence-corrected chi connectivity index (χ4v) is 2.52. The number of ether oxygens (including phenoxy) is 2. The zero-order valence-corrected chi connectivity index (χ0v) is 15.4. The largest absolute Gasteiger partial charge is 0.497 e. The van der Waals surface area contributed by atoms with E-state index in [1.165, 1.54) is 19.4 Å². The van der Waals surface area contributed by atoms with Crippen LogP contribution >= 0.6 is 11.6 Å². The molecule has 0 aliphatic carbocycles. The first-order chi connectivity index (χ1) is 13.1. The summed E-state index contributed by atoms with van der Waals surface area (Å²) in [5.41, 5.74) is 1.43. The molecular weight excluding hydrogens is 368 g/mol. The minimum Gasteiger partial charge on any atom is -0.497 e. The SMILES string of the molecule is COc1ccc(NC(=O)c2ccnc(Nc3cccc(Cl)c3)n2)c(OC)c1. The molecule has 2 N–H and O–H groups in total. The van der Waals surface area contributed by atoms with Crippen molar-refractivity contribution in [2.24, 2.45) is 0 Å². The van der Waals surface area contributed by atoms with Crippen LogP contribution in [-0.2, 0) is 0 Å². The molecule has 0 spiro atoms. The average molecular weight is 385 g/mol. The Kier molecular flexibility index (Phi) is 5.73. The maximum absolute atomic E-state index is 12.6. The van der Waals surface area contributed by atoms with Crippen molar-refractivity contribution in [1.29, 1.82) is 0 Å². The molecule has 1 heterocycles. The third-order valence-corrected chi connectivity index (χ3v) is 3.86. The van der Waals surface area contributed by atoms with Crippen molar-refractivity contribution in [3.8, 4) is 11.5 Å². The Morgan fingerprint density at radius 1 is 1.07 bits per heavy atom. The Morgan fingerprint density at radius 2 is 1.93 bits per heavy atom. The number of carbonyl (C=O) groups is 1. The fourth-order valence-electron chi connectivity index (χ4n) is 2.33. The van der Waals surface area contributed by atoms with Crippen molar-refractivity contribution in [3.05, 3.63) is 65.4 Å². The maximum atomic E-state index is 12.6. The van der Waals surface area contributed by atoms with Gasteiger partial charge in [0, 0.05) is 23.0 Å². The van der Waals surface area contributed by atoms with Gasteiger partial charge in [0.25, 0.3) is 5.91 Å². The highest BCUT2D eigenvalue weighted by atomic mass is 35.5. The van der Waals surface area contributed by atoms with E-state index >= 15 is 0 Å². The smallest absolute Gasteiger partial charge is 0.274 e. The molecule has 3 aromatic rings. The molecule has 0 radical (unpaired) electrons. The number of hydrogen-bond acceptors (Lipinski definition) is 6. The van der Waals surface area contributed by atoms with E-state index in [0.717, 1.165) is 5.69 Å². The van der Waals surface area contributed by atoms with Crippen LogP contribution in [0, 0.1) is 0 Å². The third kappa shape index (κ3) is 4.65. The molecule has 0 saturated heterocycles. The zero-order valence-electron chi connectivity index (χ0n) is 14.7. The lowest BCUT2D eigenvalue weighted by Gasteiger charge is -2.12. The lowest BCUT2D eigenvalue weighted by Crippen LogP contribution is -2.15. The molecule has 138 valence electrons. The van der Waals surface area contributed by atoms with Gasteiger partial charge in [-0.3, -0.25) is 4.79 Å². The van der Waals surface area contributed by atoms with Crippen LogP contribution in [-0.4, -0.2) is 30.1 Å². The molecule has 2 aromatic carbocycles. The lowest BCUT2D eigenvalue weighted by atomic mass is 10.2. The highest BCUT2D eigenvalue weighted by Gasteiger charge is 2.13. The van der Waals surface area contributed by atoms with Crippen LogP contribution in [0.1, 0.15) is 10.5 Å². The number of aromatic nitrogens is 2. The Labute approximate surface area is 161 Å². The monoisotopic (exact) mass is 384 g/mol. The number of carbonyl (C=O) groups excluding carboxylic acids is 1. The topological polar surface area (TPSA) is 85.4 Å². The number of amides is 1. The summed E-state index contributed by atoms with van der Waals surface area (Å²) in [5, 5.41) is 6.37. The molecule has 1 amide bonds. The molecule has 1 aromatic heterocycles. The molecule has 8 heteroatoms. The summed E-state index contributed by atoms with van der Waals surface area (Å²) in [7, 11) is 3.07. The predicted octanol–water partition coefficient (Wildman–Crippen LogP) is 4.14. The van der Waals surface area contributed by atoms with Crippen molar-refractivity contribution in [2.75, 3.05) is 24.9 Å². The Hall–Kier alpha value is -3.32. The van der Waals surface area contributed by atoms with Crippen LogP contribution in [0.4, 0.5) is 17.3 Å². The standard InChI is InChI=1S/C19H17ClN4O3/c1-26-14-6-7-15(17(11-14)27-2)23-18(25)16-8-9-21-19(24-16)22-13-5-3-4-12(20)10-13/h3-11H,1-2H3,(H,23,25)(H,21,22,24). The third-order valence-electron chi connectivity index (χ3n) is 3.63. The van der Waals surface area contributed by atoms with Crippen LogP contribution < -0.4 is 20.1 Å². The average Bonchev–Trinajstić information content (AvgIpc) is 2.68. The second-order valence-electron chi connectivity index (χ2n) is 5.42. The second kappa shape index (κ2) is 8.37. The van der Waals surface area contributed by atoms with E-state index in [2.05, 4.69) is 20.6 Å². The van der Waals surface area contributed by atoms with Crippen molar-refractivity contribution < 1.29 is 14.3 Å². The Bertz CT molecular complexity index is 965. The molecule has 0 atom stereocenters. The van der Waals surface area contributed by atoms with Gasteiger partial charge < -0.3 is 20.1 Å². The van der Waals surface area contributed by atoms with Crippen LogP contribution in [0.5, 0.6) is 11.5 Å². The summed E-state index contributed by atoms with van der Waals surface area (Å²) >= 11 is 5.97. The van der Waals surface area contributed by atoms with Crippen LogP contribution in [0.3, 0.4) is 0 Å². The fraction of sp³-hybridized carbons (Fsp3) is 0.105. The molecule has 7 nitrogen and oxygen atoms in total. The molecule has 0 unspecified atom stereocenters. The number of nitrogens with one attached hydrogen (secondary N) is 2. The molecule has 0 bridgehead atoms. The quantitative estimate of drug-likeness (QED) is 0.664. The van der Waals surface area contributed by atoms with E-state index in [1.54, 1.807) is 43.5 Å². The van der Waals surface area contributed by atoms with Crippen molar-refractivity contribution in [3.63, 3.8) is 0 Å². The molecule has 27 heavy (non-hydrogen) atoms. The predicted molar refractivity (Wildman–Crippen MR) is 104 cm³/mol. The van der Waals surface area contributed by atoms with Gasteiger partial charge in [0.2, 0.25) is 5.95 Å². The summed E-state index contributed by atoms with van der Waals surface area (Å²) in [6, 6.07) is 13.8. The molecule has 0 aliphatic heterocycles. The maximum Gasteiger partial charge on any atom is 0.274 e. The highest BCUT2D eigenvalue weighted by molar-refractivity contribution is 6.30. The van der Waals surface area contributed by atoms with Crippen molar-refractivity contribution >= 4 is 34.8 Å². The van der Waals surface area contributed by atoms with Gasteiger partial charge in [-0.1, -0.05) is 17.7 Å². The first-order valence-electron chi connectivity index (χ1n) is 7.98. The normalized spacial score (nSPS) is 10.2. The summed E-state index contributed by atoms with van der Waals surface area (Å²) in [5.74, 6) is 0.996. The van der Waals surface area contributed by atoms with Gasteiger partial charge in [0.05, 0.1) is 19.9 Å². The Balaban J connectivity index is 1.77. The molecule has 3 rings (SSSR count). The number of anilines is 3. The first-order valence-corrected chi connectivity index (χ1v) is 8.36. The van der Waals surface area contributed by atoms with Gasteiger partial charge in [0.15, 0.2) is 0 Å². The van der Waals surface area contributed by atoms with Gasteiger partial charge in [-0.2, -0.15) is 0 Å². The summed E-state index contributed by atoms with van der Waals surface area (Å²) in [6.45, 7) is 0. The number of benzene rings is 2. The number of nitrogens with zero attached hydrogens (tertiary/aromatic N) is 2. The van der Waals surface area contributed by atoms with Gasteiger partial charge in [-0.25, -0.2) is 9.97 Å². The molecule has 0 fully saturated rings. The van der Waals surface area contributed by atoms with Crippen LogP contribution in [0.2, 0.25) is 5.02 Å². The second-order valence-corrected chi connectivity index (χ2v) is 5.86. The minimum absolute atomic E-state index is 0.201. The molecule has 0 aliphatic rings. The zero-order chi connectivity index (χ0) is 19.2.